The Morgan fingerprint density at radius 1 is 1.32 bits per heavy atom. The van der Waals surface area contributed by atoms with Crippen molar-refractivity contribution < 1.29 is 22.7 Å². The van der Waals surface area contributed by atoms with Gasteiger partial charge >= 0.3 is 6.18 Å². The fourth-order valence-electron chi connectivity index (χ4n) is 2.88. The number of fused-ring (bicyclic) bond motifs is 1. The molecule has 1 atom stereocenters. The summed E-state index contributed by atoms with van der Waals surface area (Å²) in [6, 6.07) is 0.0177. The number of ether oxygens (including phenoxy) is 1. The Kier molecular flexibility index (Phi) is 5.19. The van der Waals surface area contributed by atoms with E-state index in [1.807, 2.05) is 0 Å². The van der Waals surface area contributed by atoms with Crippen LogP contribution in [0.4, 0.5) is 13.2 Å². The molecule has 3 heterocycles. The van der Waals surface area contributed by atoms with E-state index in [1.54, 1.807) is 12.3 Å². The monoisotopic (exact) mass is 357 g/mol. The van der Waals surface area contributed by atoms with E-state index < -0.39 is 18.1 Å². The van der Waals surface area contributed by atoms with Gasteiger partial charge in [-0.15, -0.1) is 0 Å². The first kappa shape index (κ1) is 17.6. The predicted molar refractivity (Wildman–Crippen MR) is 82.2 cm³/mol. The summed E-state index contributed by atoms with van der Waals surface area (Å²) in [5.41, 5.74) is 0.635. The van der Waals surface area contributed by atoms with Crippen LogP contribution >= 0.6 is 0 Å². The van der Waals surface area contributed by atoms with Gasteiger partial charge < -0.3 is 10.1 Å². The van der Waals surface area contributed by atoms with Crippen LogP contribution in [0.1, 0.15) is 16.9 Å². The largest absolute Gasteiger partial charge is 0.404 e. The molecule has 1 N–H and O–H groups in total. The number of hydrogen-bond donors (Lipinski definition) is 1. The number of carbonyl (C=O) groups is 1. The molecular weight excluding hydrogens is 339 g/mol. The molecule has 136 valence electrons. The maximum Gasteiger partial charge on any atom is 0.404 e. The summed E-state index contributed by atoms with van der Waals surface area (Å²) in [6.07, 6.45) is -0.0549. The molecule has 0 radical (unpaired) electrons. The predicted octanol–water partition coefficient (Wildman–Crippen LogP) is 1.11. The topological polar surface area (TPSA) is 71.8 Å². The Morgan fingerprint density at radius 2 is 2.08 bits per heavy atom. The van der Waals surface area contributed by atoms with Crippen LogP contribution in [0.25, 0.3) is 5.52 Å². The van der Waals surface area contributed by atoms with Crippen molar-refractivity contribution in [2.45, 2.75) is 18.6 Å². The van der Waals surface area contributed by atoms with E-state index in [4.69, 9.17) is 4.74 Å². The van der Waals surface area contributed by atoms with E-state index in [0.29, 0.717) is 5.52 Å². The molecule has 1 fully saturated rings. The van der Waals surface area contributed by atoms with Gasteiger partial charge in [-0.05, 0) is 12.5 Å². The Balaban J connectivity index is 1.61. The Hall–Kier alpha value is -2.20. The number of rotatable bonds is 5. The quantitative estimate of drug-likeness (QED) is 0.868. The Morgan fingerprint density at radius 3 is 2.80 bits per heavy atom. The Labute approximate surface area is 141 Å². The summed E-state index contributed by atoms with van der Waals surface area (Å²) in [4.78, 5) is 17.6. The maximum absolute atomic E-state index is 13.3. The molecule has 1 saturated heterocycles. The van der Waals surface area contributed by atoms with Crippen LogP contribution in [0, 0.1) is 0 Å². The van der Waals surface area contributed by atoms with Gasteiger partial charge in [-0.2, -0.15) is 18.3 Å². The molecule has 0 spiro atoms. The van der Waals surface area contributed by atoms with Gasteiger partial charge in [-0.25, -0.2) is 9.50 Å². The minimum atomic E-state index is -4.36. The zero-order chi connectivity index (χ0) is 17.9. The lowest BCUT2D eigenvalue weighted by atomic mass is 10.1. The highest BCUT2D eigenvalue weighted by molar-refractivity contribution is 5.98. The molecule has 3 rings (SSSR count). The minimum Gasteiger partial charge on any atom is -0.379 e. The van der Waals surface area contributed by atoms with E-state index in [-0.39, 0.29) is 45.0 Å². The number of halogens is 3. The van der Waals surface area contributed by atoms with Crippen molar-refractivity contribution in [1.82, 2.24) is 24.8 Å². The summed E-state index contributed by atoms with van der Waals surface area (Å²) < 4.78 is 46.5. The van der Waals surface area contributed by atoms with Crippen molar-refractivity contribution >= 4 is 11.4 Å². The van der Waals surface area contributed by atoms with Gasteiger partial charge in [0.15, 0.2) is 5.69 Å². The number of amides is 1. The van der Waals surface area contributed by atoms with Crippen LogP contribution in [0.5, 0.6) is 0 Å². The van der Waals surface area contributed by atoms with Gasteiger partial charge in [-0.3, -0.25) is 9.69 Å². The molecule has 7 nitrogen and oxygen atoms in total. The van der Waals surface area contributed by atoms with Crippen LogP contribution in [0.15, 0.2) is 24.7 Å². The average Bonchev–Trinajstić information content (AvgIpc) is 3.06. The number of aromatic nitrogens is 3. The third kappa shape index (κ3) is 4.07. The van der Waals surface area contributed by atoms with Crippen molar-refractivity contribution in [2.75, 3.05) is 32.8 Å². The van der Waals surface area contributed by atoms with E-state index >= 15 is 0 Å². The lowest BCUT2D eigenvalue weighted by Crippen LogP contribution is -2.51. The van der Waals surface area contributed by atoms with Crippen LogP contribution in [0.2, 0.25) is 0 Å². The molecule has 1 unspecified atom stereocenters. The fourth-order valence-corrected chi connectivity index (χ4v) is 2.88. The molecule has 0 aliphatic carbocycles. The lowest BCUT2D eigenvalue weighted by Gasteiger charge is -2.35. The smallest absolute Gasteiger partial charge is 0.379 e. The fraction of sp³-hybridized carbons (Fsp3) is 0.533. The highest BCUT2D eigenvalue weighted by atomic mass is 19.4. The first-order valence-corrected chi connectivity index (χ1v) is 7.92. The van der Waals surface area contributed by atoms with E-state index in [2.05, 4.69) is 15.4 Å². The molecule has 1 aliphatic rings. The first-order valence-electron chi connectivity index (χ1n) is 7.92. The second-order valence-electron chi connectivity index (χ2n) is 5.69. The molecule has 25 heavy (non-hydrogen) atoms. The lowest BCUT2D eigenvalue weighted by molar-refractivity contribution is -0.193. The maximum atomic E-state index is 13.3. The SMILES string of the molecule is O=C(NCCC(N1CCOCC1)C(F)(F)F)c1nccn2nccc12. The molecule has 0 aromatic carbocycles. The number of carbonyl (C=O) groups excluding carboxylic acids is 1. The average molecular weight is 357 g/mol. The minimum absolute atomic E-state index is 0.1000. The summed E-state index contributed by atoms with van der Waals surface area (Å²) >= 11 is 0. The number of alkyl halides is 3. The van der Waals surface area contributed by atoms with Gasteiger partial charge in [0.2, 0.25) is 0 Å². The van der Waals surface area contributed by atoms with Crippen molar-refractivity contribution in [2.24, 2.45) is 0 Å². The van der Waals surface area contributed by atoms with Crippen molar-refractivity contribution in [3.8, 4) is 0 Å². The summed E-state index contributed by atoms with van der Waals surface area (Å²) in [5.74, 6) is -0.519. The third-order valence-corrected chi connectivity index (χ3v) is 4.11. The second-order valence-corrected chi connectivity index (χ2v) is 5.69. The molecule has 2 aromatic rings. The van der Waals surface area contributed by atoms with Crippen LogP contribution < -0.4 is 5.32 Å². The molecular formula is C15H18F3N5O2. The van der Waals surface area contributed by atoms with Crippen LogP contribution in [-0.2, 0) is 4.74 Å². The Bertz CT molecular complexity index is 727. The summed E-state index contributed by atoms with van der Waals surface area (Å²) in [5, 5.41) is 6.52. The highest BCUT2D eigenvalue weighted by Crippen LogP contribution is 2.27. The van der Waals surface area contributed by atoms with Crippen molar-refractivity contribution in [3.05, 3.63) is 30.4 Å². The number of nitrogens with one attached hydrogen (secondary N) is 1. The van der Waals surface area contributed by atoms with Crippen molar-refractivity contribution in [1.29, 1.82) is 0 Å². The number of hydrogen-bond acceptors (Lipinski definition) is 5. The van der Waals surface area contributed by atoms with Gasteiger partial charge in [-0.1, -0.05) is 0 Å². The summed E-state index contributed by atoms with van der Waals surface area (Å²) in [6.45, 7) is 0.930. The summed E-state index contributed by atoms with van der Waals surface area (Å²) in [7, 11) is 0. The molecule has 1 amide bonds. The van der Waals surface area contributed by atoms with E-state index in [0.717, 1.165) is 0 Å². The highest BCUT2D eigenvalue weighted by Gasteiger charge is 2.43. The molecule has 1 aliphatic heterocycles. The van der Waals surface area contributed by atoms with Gasteiger partial charge in [0, 0.05) is 32.0 Å². The van der Waals surface area contributed by atoms with Crippen LogP contribution in [0.3, 0.4) is 0 Å². The molecule has 0 saturated carbocycles. The van der Waals surface area contributed by atoms with Gasteiger partial charge in [0.25, 0.3) is 5.91 Å². The third-order valence-electron chi connectivity index (χ3n) is 4.11. The zero-order valence-corrected chi connectivity index (χ0v) is 13.4. The number of nitrogens with zero attached hydrogens (tertiary/aromatic N) is 4. The molecule has 0 bridgehead atoms. The van der Waals surface area contributed by atoms with E-state index in [9.17, 15) is 18.0 Å². The first-order chi connectivity index (χ1) is 12.0. The standard InChI is InChI=1S/C15H18F3N5O2/c16-15(17,18)12(22-7-9-25-10-8-22)2-3-20-14(24)13-11-1-4-21-23(11)6-5-19-13/h1,4-6,12H,2-3,7-10H2,(H,20,24). The number of morpholine rings is 1. The second kappa shape index (κ2) is 7.36. The molecule has 2 aromatic heterocycles. The molecule has 10 heteroatoms. The van der Waals surface area contributed by atoms with E-state index in [1.165, 1.54) is 21.8 Å². The normalized spacial score (nSPS) is 17.6. The van der Waals surface area contributed by atoms with Crippen molar-refractivity contribution in [3.63, 3.8) is 0 Å². The van der Waals surface area contributed by atoms with Crippen LogP contribution in [-0.4, -0.2) is 70.5 Å². The zero-order valence-electron chi connectivity index (χ0n) is 13.4. The van der Waals surface area contributed by atoms with Gasteiger partial charge in [0.1, 0.15) is 6.04 Å². The van der Waals surface area contributed by atoms with Gasteiger partial charge in [0.05, 0.1) is 24.9 Å².